The molecule has 29 heavy (non-hydrogen) atoms. The van der Waals surface area contributed by atoms with Gasteiger partial charge in [-0.05, 0) is 56.4 Å². The van der Waals surface area contributed by atoms with E-state index in [0.717, 1.165) is 24.8 Å². The number of carbonyl (C=O) groups excluding carboxylic acids is 2. The van der Waals surface area contributed by atoms with Crippen LogP contribution in [0.2, 0.25) is 0 Å². The van der Waals surface area contributed by atoms with Gasteiger partial charge in [0, 0.05) is 19.8 Å². The predicted octanol–water partition coefficient (Wildman–Crippen LogP) is 2.42. The highest BCUT2D eigenvalue weighted by atomic mass is 16.5. The maximum absolute atomic E-state index is 12.3. The molecule has 1 aromatic rings. The van der Waals surface area contributed by atoms with E-state index in [2.05, 4.69) is 16.7 Å². The first kappa shape index (κ1) is 21.5. The summed E-state index contributed by atoms with van der Waals surface area (Å²) in [6.45, 7) is 1.63. The van der Waals surface area contributed by atoms with Crippen LogP contribution in [0.25, 0.3) is 0 Å². The number of ether oxygens (including phenoxy) is 1. The van der Waals surface area contributed by atoms with Crippen molar-refractivity contribution in [3.63, 3.8) is 0 Å². The Kier molecular flexibility index (Phi) is 7.83. The lowest BCUT2D eigenvalue weighted by molar-refractivity contribution is -0.140. The number of aliphatic hydroxyl groups is 1. The van der Waals surface area contributed by atoms with Crippen molar-refractivity contribution >= 4 is 11.8 Å². The van der Waals surface area contributed by atoms with Gasteiger partial charge in [-0.1, -0.05) is 42.0 Å². The Morgan fingerprint density at radius 3 is 2.48 bits per heavy atom. The number of hydrogen-bond donors (Lipinski definition) is 3. The standard InChI is InChI=1S/C23H32N2O4/c26-21(24-14-11-18-7-3-1-4-8-18)22(27)25-17-23(28,19-9-5-2-6-10-19)20-12-15-29-16-13-20/h2,5-7,9-10,20,28H,1,3-4,8,11-17H2,(H,24,26)(H,25,27). The van der Waals surface area contributed by atoms with Crippen molar-refractivity contribution in [3.05, 3.63) is 47.5 Å². The lowest BCUT2D eigenvalue weighted by Gasteiger charge is -2.39. The van der Waals surface area contributed by atoms with Crippen LogP contribution in [0.15, 0.2) is 42.0 Å². The van der Waals surface area contributed by atoms with Gasteiger partial charge < -0.3 is 20.5 Å². The molecule has 3 N–H and O–H groups in total. The van der Waals surface area contributed by atoms with Crippen molar-refractivity contribution in [1.82, 2.24) is 10.6 Å². The normalized spacial score (nSPS) is 19.7. The van der Waals surface area contributed by atoms with Gasteiger partial charge in [-0.25, -0.2) is 0 Å². The Morgan fingerprint density at radius 1 is 1.07 bits per heavy atom. The van der Waals surface area contributed by atoms with E-state index in [0.29, 0.717) is 32.6 Å². The monoisotopic (exact) mass is 400 g/mol. The number of carbonyl (C=O) groups is 2. The van der Waals surface area contributed by atoms with Gasteiger partial charge in [-0.3, -0.25) is 9.59 Å². The first-order valence-electron chi connectivity index (χ1n) is 10.7. The minimum absolute atomic E-state index is 0.000907. The van der Waals surface area contributed by atoms with Crippen molar-refractivity contribution in [1.29, 1.82) is 0 Å². The summed E-state index contributed by atoms with van der Waals surface area (Å²) in [5.74, 6) is -1.40. The van der Waals surface area contributed by atoms with Gasteiger partial charge in [-0.2, -0.15) is 0 Å². The van der Waals surface area contributed by atoms with Crippen molar-refractivity contribution < 1.29 is 19.4 Å². The van der Waals surface area contributed by atoms with E-state index in [-0.39, 0.29) is 12.5 Å². The lowest BCUT2D eigenvalue weighted by atomic mass is 9.77. The SMILES string of the molecule is O=C(NCCC1=CCCCC1)C(=O)NCC(O)(c1ccccc1)C1CCOCC1. The summed E-state index contributed by atoms with van der Waals surface area (Å²) >= 11 is 0. The molecule has 1 aliphatic carbocycles. The van der Waals surface area contributed by atoms with Crippen LogP contribution < -0.4 is 10.6 Å². The molecule has 1 aromatic carbocycles. The summed E-state index contributed by atoms with van der Waals surface area (Å²) in [6, 6.07) is 9.35. The first-order chi connectivity index (χ1) is 14.1. The quantitative estimate of drug-likeness (QED) is 0.485. The molecule has 3 rings (SSSR count). The molecular formula is C23H32N2O4. The molecule has 0 saturated carbocycles. The van der Waals surface area contributed by atoms with Crippen LogP contribution in [0.4, 0.5) is 0 Å². The lowest BCUT2D eigenvalue weighted by Crippen LogP contribution is -2.50. The third-order valence-electron chi connectivity index (χ3n) is 6.01. The number of rotatable bonds is 7. The number of benzene rings is 1. The third-order valence-corrected chi connectivity index (χ3v) is 6.01. The molecule has 0 bridgehead atoms. The van der Waals surface area contributed by atoms with E-state index >= 15 is 0 Å². The molecule has 0 radical (unpaired) electrons. The van der Waals surface area contributed by atoms with Crippen LogP contribution in [-0.4, -0.2) is 43.2 Å². The molecule has 1 aliphatic heterocycles. The van der Waals surface area contributed by atoms with Gasteiger partial charge in [0.2, 0.25) is 0 Å². The second-order valence-corrected chi connectivity index (χ2v) is 7.97. The number of hydrogen-bond acceptors (Lipinski definition) is 4. The average molecular weight is 401 g/mol. The summed E-state index contributed by atoms with van der Waals surface area (Å²) < 4.78 is 5.42. The highest BCUT2D eigenvalue weighted by molar-refractivity contribution is 6.35. The molecule has 2 amide bonds. The zero-order chi connectivity index (χ0) is 20.5. The second-order valence-electron chi connectivity index (χ2n) is 7.97. The Labute approximate surface area is 172 Å². The maximum atomic E-state index is 12.3. The van der Waals surface area contributed by atoms with Crippen LogP contribution >= 0.6 is 0 Å². The van der Waals surface area contributed by atoms with Gasteiger partial charge in [0.25, 0.3) is 0 Å². The Bertz CT molecular complexity index is 713. The first-order valence-corrected chi connectivity index (χ1v) is 10.7. The molecule has 1 fully saturated rings. The molecule has 1 saturated heterocycles. The van der Waals surface area contributed by atoms with Gasteiger partial charge >= 0.3 is 11.8 Å². The third kappa shape index (κ3) is 5.90. The second kappa shape index (κ2) is 10.6. The average Bonchev–Trinajstić information content (AvgIpc) is 2.79. The van der Waals surface area contributed by atoms with Gasteiger partial charge in [-0.15, -0.1) is 0 Å². The van der Waals surface area contributed by atoms with Crippen LogP contribution in [0.1, 0.15) is 50.5 Å². The Morgan fingerprint density at radius 2 is 1.79 bits per heavy atom. The molecule has 6 heteroatoms. The van der Waals surface area contributed by atoms with E-state index in [4.69, 9.17) is 4.74 Å². The Hall–Kier alpha value is -2.18. The van der Waals surface area contributed by atoms with Gasteiger partial charge in [0.15, 0.2) is 0 Å². The minimum Gasteiger partial charge on any atom is -0.383 e. The van der Waals surface area contributed by atoms with Gasteiger partial charge in [0.05, 0.1) is 6.54 Å². The predicted molar refractivity (Wildman–Crippen MR) is 111 cm³/mol. The zero-order valence-electron chi connectivity index (χ0n) is 17.0. The summed E-state index contributed by atoms with van der Waals surface area (Å²) in [7, 11) is 0. The largest absolute Gasteiger partial charge is 0.383 e. The van der Waals surface area contributed by atoms with Crippen molar-refractivity contribution in [2.24, 2.45) is 5.92 Å². The van der Waals surface area contributed by atoms with E-state index in [9.17, 15) is 14.7 Å². The number of allylic oxidation sites excluding steroid dienone is 1. The maximum Gasteiger partial charge on any atom is 0.309 e. The van der Waals surface area contributed by atoms with Crippen LogP contribution in [0.3, 0.4) is 0 Å². The molecule has 0 spiro atoms. The zero-order valence-corrected chi connectivity index (χ0v) is 17.0. The minimum atomic E-state index is -1.23. The highest BCUT2D eigenvalue weighted by Crippen LogP contribution is 2.35. The smallest absolute Gasteiger partial charge is 0.309 e. The molecule has 0 aromatic heterocycles. The fourth-order valence-electron chi connectivity index (χ4n) is 4.23. The van der Waals surface area contributed by atoms with Crippen molar-refractivity contribution in [2.45, 2.75) is 50.5 Å². The highest BCUT2D eigenvalue weighted by Gasteiger charge is 2.39. The summed E-state index contributed by atoms with van der Waals surface area (Å²) in [5.41, 5.74) is 0.875. The molecule has 1 heterocycles. The number of nitrogens with one attached hydrogen (secondary N) is 2. The van der Waals surface area contributed by atoms with Crippen LogP contribution in [0, 0.1) is 5.92 Å². The fraction of sp³-hybridized carbons (Fsp3) is 0.565. The molecule has 6 nitrogen and oxygen atoms in total. The van der Waals surface area contributed by atoms with E-state index in [1.54, 1.807) is 0 Å². The van der Waals surface area contributed by atoms with E-state index < -0.39 is 17.4 Å². The van der Waals surface area contributed by atoms with Gasteiger partial charge in [0.1, 0.15) is 5.60 Å². The molecule has 2 aliphatic rings. The van der Waals surface area contributed by atoms with Crippen molar-refractivity contribution in [2.75, 3.05) is 26.3 Å². The van der Waals surface area contributed by atoms with Crippen molar-refractivity contribution in [3.8, 4) is 0 Å². The summed E-state index contributed by atoms with van der Waals surface area (Å²) in [5, 5.41) is 16.8. The molecule has 158 valence electrons. The Balaban J connectivity index is 1.54. The molecule has 1 unspecified atom stereocenters. The topological polar surface area (TPSA) is 87.7 Å². The molecular weight excluding hydrogens is 368 g/mol. The van der Waals surface area contributed by atoms with Crippen LogP contribution in [-0.2, 0) is 19.9 Å². The molecule has 1 atom stereocenters. The van der Waals surface area contributed by atoms with Crippen LogP contribution in [0.5, 0.6) is 0 Å². The fourth-order valence-corrected chi connectivity index (χ4v) is 4.23. The summed E-state index contributed by atoms with van der Waals surface area (Å²) in [6.07, 6.45) is 9.06. The van der Waals surface area contributed by atoms with E-state index in [1.807, 2.05) is 30.3 Å². The summed E-state index contributed by atoms with van der Waals surface area (Å²) in [4.78, 5) is 24.5. The number of amides is 2. The van der Waals surface area contributed by atoms with E-state index in [1.165, 1.54) is 18.4 Å².